The SMILES string of the molecule is CC#Cc1ccc(-c2ccccc2)cc1.CC(C)C.CC(CC(=O)NO)C(=O)NCC(=O)Nc1ccccn1. The Morgan fingerprint density at radius 1 is 0.846 bits per heavy atom. The molecular weight excluding hydrogens is 492 g/mol. The maximum absolute atomic E-state index is 11.6. The normalized spacial score (nSPS) is 10.2. The van der Waals surface area contributed by atoms with E-state index in [1.165, 1.54) is 29.7 Å². The fourth-order valence-corrected chi connectivity index (χ4v) is 2.90. The number of anilines is 1. The Morgan fingerprint density at radius 2 is 1.44 bits per heavy atom. The van der Waals surface area contributed by atoms with Gasteiger partial charge in [-0.2, -0.15) is 0 Å². The minimum atomic E-state index is -0.661. The van der Waals surface area contributed by atoms with E-state index in [-0.39, 0.29) is 13.0 Å². The van der Waals surface area contributed by atoms with Crippen LogP contribution in [0.5, 0.6) is 0 Å². The average Bonchev–Trinajstić information content (AvgIpc) is 2.93. The molecule has 0 aliphatic carbocycles. The van der Waals surface area contributed by atoms with Crippen LogP contribution in [0.4, 0.5) is 5.82 Å². The van der Waals surface area contributed by atoms with E-state index < -0.39 is 23.6 Å². The van der Waals surface area contributed by atoms with Crippen LogP contribution in [-0.2, 0) is 14.4 Å². The van der Waals surface area contributed by atoms with Crippen LogP contribution in [0.3, 0.4) is 0 Å². The summed E-state index contributed by atoms with van der Waals surface area (Å²) in [5.74, 6) is 4.97. The lowest BCUT2D eigenvalue weighted by atomic mass is 10.0. The molecule has 0 fully saturated rings. The molecule has 2 aromatic carbocycles. The summed E-state index contributed by atoms with van der Waals surface area (Å²) in [4.78, 5) is 37.9. The number of carbonyl (C=O) groups excluding carboxylic acids is 3. The standard InChI is InChI=1S/C15H12.C12H16N4O4.C4H10/c1-2-6-13-9-11-15(12-10-13)14-7-4-3-5-8-14;1-8(6-10(17)16-20)12(19)14-7-11(18)15-9-4-2-3-5-13-9;1-4(2)3/h3-5,7-12H,1H3;2-5,8,20H,6-7H2,1H3,(H,14,19)(H,16,17)(H,13,15,18);4H,1-3H3. The average molecular weight is 531 g/mol. The summed E-state index contributed by atoms with van der Waals surface area (Å²) in [5.41, 5.74) is 4.99. The molecule has 0 aliphatic heterocycles. The van der Waals surface area contributed by atoms with Crippen molar-refractivity contribution in [1.82, 2.24) is 15.8 Å². The Hall–Kier alpha value is -4.48. The summed E-state index contributed by atoms with van der Waals surface area (Å²) >= 11 is 0. The van der Waals surface area contributed by atoms with Gasteiger partial charge in [0.2, 0.25) is 17.7 Å². The van der Waals surface area contributed by atoms with E-state index in [9.17, 15) is 14.4 Å². The molecule has 1 atom stereocenters. The Bertz CT molecular complexity index is 1200. The smallest absolute Gasteiger partial charge is 0.244 e. The van der Waals surface area contributed by atoms with Gasteiger partial charge in [0.25, 0.3) is 0 Å². The van der Waals surface area contributed by atoms with Crippen molar-refractivity contribution in [3.8, 4) is 23.0 Å². The first-order valence-electron chi connectivity index (χ1n) is 12.7. The molecule has 3 amide bonds. The summed E-state index contributed by atoms with van der Waals surface area (Å²) in [6.45, 7) is 9.65. The Balaban J connectivity index is 0.000000352. The van der Waals surface area contributed by atoms with Crippen LogP contribution in [0.25, 0.3) is 11.1 Å². The van der Waals surface area contributed by atoms with E-state index in [1.807, 2.05) is 13.0 Å². The monoisotopic (exact) mass is 530 g/mol. The predicted molar refractivity (Wildman–Crippen MR) is 155 cm³/mol. The lowest BCUT2D eigenvalue weighted by molar-refractivity contribution is -0.134. The van der Waals surface area contributed by atoms with Gasteiger partial charge >= 0.3 is 0 Å². The van der Waals surface area contributed by atoms with Gasteiger partial charge in [0.15, 0.2) is 0 Å². The van der Waals surface area contributed by atoms with Crippen LogP contribution in [0, 0.1) is 23.7 Å². The van der Waals surface area contributed by atoms with Gasteiger partial charge in [0.05, 0.1) is 6.54 Å². The molecule has 1 aromatic heterocycles. The van der Waals surface area contributed by atoms with Crippen molar-refractivity contribution < 1.29 is 19.6 Å². The number of aromatic nitrogens is 1. The highest BCUT2D eigenvalue weighted by Crippen LogP contribution is 2.18. The number of carbonyl (C=O) groups is 3. The van der Waals surface area contributed by atoms with E-state index in [2.05, 4.69) is 96.8 Å². The quantitative estimate of drug-likeness (QED) is 0.193. The molecule has 0 aliphatic rings. The molecule has 0 radical (unpaired) electrons. The Kier molecular flexibility index (Phi) is 15.6. The molecule has 39 heavy (non-hydrogen) atoms. The van der Waals surface area contributed by atoms with Crippen LogP contribution in [0.1, 0.15) is 46.6 Å². The van der Waals surface area contributed by atoms with Crippen molar-refractivity contribution in [3.63, 3.8) is 0 Å². The third kappa shape index (κ3) is 14.7. The third-order valence-electron chi connectivity index (χ3n) is 4.68. The van der Waals surface area contributed by atoms with Crippen LogP contribution >= 0.6 is 0 Å². The van der Waals surface area contributed by atoms with Crippen molar-refractivity contribution in [3.05, 3.63) is 84.6 Å². The molecule has 1 heterocycles. The molecule has 1 unspecified atom stereocenters. The van der Waals surface area contributed by atoms with E-state index in [0.29, 0.717) is 5.82 Å². The second-order valence-corrected chi connectivity index (χ2v) is 9.17. The fourth-order valence-electron chi connectivity index (χ4n) is 2.90. The van der Waals surface area contributed by atoms with Crippen molar-refractivity contribution >= 4 is 23.5 Å². The number of nitrogens with zero attached hydrogens (tertiary/aromatic N) is 1. The summed E-state index contributed by atoms with van der Waals surface area (Å²) in [6, 6.07) is 23.7. The van der Waals surface area contributed by atoms with Gasteiger partial charge in [-0.05, 0) is 48.2 Å². The molecule has 0 bridgehead atoms. The maximum Gasteiger partial charge on any atom is 0.244 e. The highest BCUT2D eigenvalue weighted by Gasteiger charge is 2.17. The van der Waals surface area contributed by atoms with Crippen LogP contribution in [0.15, 0.2) is 79.0 Å². The van der Waals surface area contributed by atoms with E-state index >= 15 is 0 Å². The van der Waals surface area contributed by atoms with Gasteiger partial charge in [-0.3, -0.25) is 19.6 Å². The zero-order chi connectivity index (χ0) is 29.0. The van der Waals surface area contributed by atoms with Crippen LogP contribution in [-0.4, -0.2) is 34.5 Å². The van der Waals surface area contributed by atoms with Gasteiger partial charge in [0, 0.05) is 24.1 Å². The molecule has 0 spiro atoms. The number of rotatable bonds is 7. The van der Waals surface area contributed by atoms with Crippen LogP contribution in [0.2, 0.25) is 0 Å². The third-order valence-corrected chi connectivity index (χ3v) is 4.68. The minimum Gasteiger partial charge on any atom is -0.347 e. The minimum absolute atomic E-state index is 0.163. The van der Waals surface area contributed by atoms with Gasteiger partial charge in [0.1, 0.15) is 5.82 Å². The van der Waals surface area contributed by atoms with E-state index in [1.54, 1.807) is 18.2 Å². The van der Waals surface area contributed by atoms with Crippen molar-refractivity contribution in [2.24, 2.45) is 11.8 Å². The maximum atomic E-state index is 11.6. The first-order valence-corrected chi connectivity index (χ1v) is 12.7. The summed E-state index contributed by atoms with van der Waals surface area (Å²) in [6.07, 6.45) is 1.37. The van der Waals surface area contributed by atoms with Gasteiger partial charge in [-0.1, -0.05) is 82.1 Å². The molecule has 206 valence electrons. The Morgan fingerprint density at radius 3 is 1.97 bits per heavy atom. The number of hydrogen-bond donors (Lipinski definition) is 4. The highest BCUT2D eigenvalue weighted by molar-refractivity contribution is 5.94. The Labute approximate surface area is 231 Å². The van der Waals surface area contributed by atoms with E-state index in [4.69, 9.17) is 5.21 Å². The summed E-state index contributed by atoms with van der Waals surface area (Å²) in [7, 11) is 0. The number of nitrogens with one attached hydrogen (secondary N) is 3. The fraction of sp³-hybridized carbons (Fsp3) is 0.290. The number of hydrogen-bond acceptors (Lipinski definition) is 5. The number of hydroxylamine groups is 1. The van der Waals surface area contributed by atoms with E-state index in [0.717, 1.165) is 11.5 Å². The molecule has 3 aromatic rings. The van der Waals surface area contributed by atoms with Crippen molar-refractivity contribution in [2.45, 2.75) is 41.0 Å². The molecule has 0 saturated heterocycles. The van der Waals surface area contributed by atoms with Gasteiger partial charge in [-0.25, -0.2) is 10.5 Å². The molecule has 8 nitrogen and oxygen atoms in total. The summed E-state index contributed by atoms with van der Waals surface area (Å²) in [5, 5.41) is 13.2. The second kappa shape index (κ2) is 18.7. The number of amides is 3. The zero-order valence-electron chi connectivity index (χ0n) is 23.2. The molecule has 3 rings (SSSR count). The topological polar surface area (TPSA) is 120 Å². The lowest BCUT2D eigenvalue weighted by Crippen LogP contribution is -2.37. The largest absolute Gasteiger partial charge is 0.347 e. The highest BCUT2D eigenvalue weighted by atomic mass is 16.5. The first-order chi connectivity index (χ1) is 18.7. The summed E-state index contributed by atoms with van der Waals surface area (Å²) < 4.78 is 0. The van der Waals surface area contributed by atoms with Crippen molar-refractivity contribution in [2.75, 3.05) is 11.9 Å². The van der Waals surface area contributed by atoms with Crippen LogP contribution < -0.4 is 16.1 Å². The molecular formula is C31H38N4O4. The predicted octanol–water partition coefficient (Wildman–Crippen LogP) is 5.06. The van der Waals surface area contributed by atoms with Crippen molar-refractivity contribution in [1.29, 1.82) is 0 Å². The molecule has 4 N–H and O–H groups in total. The van der Waals surface area contributed by atoms with Gasteiger partial charge in [-0.15, -0.1) is 5.92 Å². The van der Waals surface area contributed by atoms with Gasteiger partial charge < -0.3 is 10.6 Å². The lowest BCUT2D eigenvalue weighted by Gasteiger charge is -2.11. The first kappa shape index (κ1) is 32.5. The number of benzene rings is 2. The molecule has 0 saturated carbocycles. The molecule has 8 heteroatoms. The second-order valence-electron chi connectivity index (χ2n) is 9.17. The number of pyridine rings is 1. The zero-order valence-corrected chi connectivity index (χ0v) is 23.2.